The number of imidazole rings is 1. The molecule has 4 aromatic heterocycles. The zero-order valence-electron chi connectivity index (χ0n) is 61.4. The number of hydrogen-bond acceptors (Lipinski definition) is 2. The number of fused-ring (bicyclic) bond motifs is 15. The summed E-state index contributed by atoms with van der Waals surface area (Å²) in [5.41, 5.74) is 17.6. The Morgan fingerprint density at radius 2 is 0.894 bits per heavy atom. The second kappa shape index (κ2) is 21.8. The van der Waals surface area contributed by atoms with E-state index in [0.717, 1.165) is 116 Å². The third-order valence-corrected chi connectivity index (χ3v) is 18.5. The average Bonchev–Trinajstić information content (AvgIpc) is 1.76. The molecule has 0 saturated heterocycles. The molecule has 0 radical (unpaired) electrons. The van der Waals surface area contributed by atoms with Crippen molar-refractivity contribution in [1.82, 2.24) is 18.7 Å². The van der Waals surface area contributed by atoms with Crippen molar-refractivity contribution < 1.29 is 23.0 Å². The number of rotatable bonds is 9. The Morgan fingerprint density at radius 1 is 0.394 bits per heavy atom. The molecule has 0 amide bonds. The van der Waals surface area contributed by atoms with Gasteiger partial charge >= 0.3 is 0 Å². The van der Waals surface area contributed by atoms with Gasteiger partial charge < -0.3 is 9.30 Å². The van der Waals surface area contributed by atoms with Crippen molar-refractivity contribution in [3.8, 4) is 112 Å². The summed E-state index contributed by atoms with van der Waals surface area (Å²) in [6, 6.07) is 78.8. The molecule has 6 nitrogen and oxygen atoms in total. The van der Waals surface area contributed by atoms with Crippen molar-refractivity contribution in [2.24, 2.45) is 0 Å². The minimum atomic E-state index is -0.589. The lowest BCUT2D eigenvalue weighted by molar-refractivity contribution is -0.571. The number of hydrogen-bond donors (Lipinski definition) is 0. The van der Waals surface area contributed by atoms with E-state index in [4.69, 9.17) is 17.9 Å². The maximum Gasteiger partial charge on any atom is 0.269 e. The van der Waals surface area contributed by atoms with Crippen LogP contribution in [0.5, 0.6) is 11.5 Å². The number of nitrogens with zero attached hydrogens (tertiary/aromatic N) is 5. The van der Waals surface area contributed by atoms with Crippen LogP contribution in [0.2, 0.25) is 0 Å². The van der Waals surface area contributed by atoms with E-state index in [2.05, 4.69) is 218 Å². The highest BCUT2D eigenvalue weighted by atomic mass is 16.5. The first-order valence-electron chi connectivity index (χ1n) is 36.4. The summed E-state index contributed by atoms with van der Waals surface area (Å²) >= 11 is 0. The topological polar surface area (TPSA) is 40.8 Å². The van der Waals surface area contributed by atoms with Gasteiger partial charge in [0.15, 0.2) is 5.75 Å². The Balaban J connectivity index is 0.891. The quantitative estimate of drug-likeness (QED) is 0.107. The van der Waals surface area contributed by atoms with Gasteiger partial charge in [0.05, 0.1) is 63.9 Å². The van der Waals surface area contributed by atoms with E-state index < -0.39 is 60.4 Å². The second-order valence-corrected chi connectivity index (χ2v) is 24.9. The molecule has 1 aliphatic carbocycles. The van der Waals surface area contributed by atoms with Crippen LogP contribution in [0.4, 0.5) is 0 Å². The molecular weight excluding hydrogens is 1140 g/mol. The lowest BCUT2D eigenvalue weighted by atomic mass is 9.80. The van der Waals surface area contributed by atoms with E-state index >= 15 is 0 Å². The van der Waals surface area contributed by atoms with Gasteiger partial charge in [-0.15, -0.1) is 0 Å². The monoisotopic (exact) mass is 1210 g/mol. The molecule has 444 valence electrons. The van der Waals surface area contributed by atoms with Gasteiger partial charge in [-0.2, -0.15) is 0 Å². The molecule has 0 unspecified atom stereocenters. The molecule has 0 aliphatic heterocycles. The third-order valence-electron chi connectivity index (χ3n) is 18.5. The van der Waals surface area contributed by atoms with Crippen molar-refractivity contribution in [3.05, 3.63) is 327 Å². The van der Waals surface area contributed by atoms with Gasteiger partial charge in [0.1, 0.15) is 11.6 Å². The molecule has 0 fully saturated rings. The molecule has 0 N–H and O–H groups in total. The Labute approximate surface area is 559 Å². The van der Waals surface area contributed by atoms with Gasteiger partial charge in [-0.05, 0) is 156 Å². The molecule has 4 heterocycles. The molecular formula is C88H61N5O. The minimum Gasteiger partial charge on any atom is -0.456 e. The normalized spacial score (nSPS) is 13.5. The average molecular weight is 1210 g/mol. The number of benzene rings is 13. The molecule has 0 atom stereocenters. The number of pyridine rings is 1. The zero-order chi connectivity index (χ0) is 71.3. The molecule has 17 aromatic rings. The highest BCUT2D eigenvalue weighted by molar-refractivity contribution is 6.13. The van der Waals surface area contributed by atoms with Gasteiger partial charge in [-0.3, -0.25) is 13.7 Å². The Morgan fingerprint density at radius 3 is 1.49 bits per heavy atom. The van der Waals surface area contributed by atoms with Crippen LogP contribution in [0.1, 0.15) is 40.0 Å². The van der Waals surface area contributed by atoms with Crippen LogP contribution in [-0.2, 0) is 5.41 Å². The third kappa shape index (κ3) is 8.93. The predicted molar refractivity (Wildman–Crippen MR) is 387 cm³/mol. The van der Waals surface area contributed by atoms with E-state index in [9.17, 15) is 5.48 Å². The van der Waals surface area contributed by atoms with E-state index in [-0.39, 0.29) is 33.4 Å². The van der Waals surface area contributed by atoms with Gasteiger partial charge in [0, 0.05) is 33.8 Å². The van der Waals surface area contributed by atoms with Crippen LogP contribution in [0, 0.1) is 6.33 Å². The molecule has 0 spiro atoms. The molecule has 0 saturated carbocycles. The SMILES string of the molecule is [2H]c1c([2H])c([2H])c(-c2cccc(-c3c([2H])c([2H])c([2H])c([2H])c3[2H])c2-[n+]2[c-]n(-c3cccc(Oc4cc5c(cc4-n4c6ccccc6c6ccccc64)c4ccccc4n5-c4cc(C(C)(C)C)ccn4)c3)c3ccc(-c4ccc5c(c4)-c4ccccc4-c4ccccc4-c4ccccc4-5)cc32)c([2H])c1[2H]. The lowest BCUT2D eigenvalue weighted by Gasteiger charge is -2.23. The Kier molecular flexibility index (Phi) is 10.5. The summed E-state index contributed by atoms with van der Waals surface area (Å²) in [6.45, 7) is 6.59. The Bertz CT molecular complexity index is 6330. The second-order valence-electron chi connectivity index (χ2n) is 24.9. The van der Waals surface area contributed by atoms with Crippen molar-refractivity contribution in [2.45, 2.75) is 26.2 Å². The summed E-state index contributed by atoms with van der Waals surface area (Å²) < 4.78 is 107. The summed E-state index contributed by atoms with van der Waals surface area (Å²) in [5.74, 6) is 1.76. The molecule has 6 heteroatoms. The van der Waals surface area contributed by atoms with Crippen LogP contribution in [0.25, 0.3) is 155 Å². The van der Waals surface area contributed by atoms with Crippen molar-refractivity contribution in [1.29, 1.82) is 0 Å². The fourth-order valence-corrected chi connectivity index (χ4v) is 14.1. The van der Waals surface area contributed by atoms with Crippen molar-refractivity contribution in [3.63, 3.8) is 0 Å². The number of para-hydroxylation sites is 4. The van der Waals surface area contributed by atoms with E-state index in [1.807, 2.05) is 59.3 Å². The fourth-order valence-electron chi connectivity index (χ4n) is 14.1. The molecule has 0 bridgehead atoms. The van der Waals surface area contributed by atoms with E-state index in [1.54, 1.807) is 22.8 Å². The predicted octanol–water partition coefficient (Wildman–Crippen LogP) is 22.4. The minimum absolute atomic E-state index is 0.122. The summed E-state index contributed by atoms with van der Waals surface area (Å²) in [6.07, 6.45) is 5.55. The van der Waals surface area contributed by atoms with E-state index in [1.165, 1.54) is 0 Å². The van der Waals surface area contributed by atoms with Gasteiger partial charge in [0.25, 0.3) is 6.33 Å². The largest absolute Gasteiger partial charge is 0.456 e. The van der Waals surface area contributed by atoms with Gasteiger partial charge in [0.2, 0.25) is 0 Å². The maximum absolute atomic E-state index is 9.52. The maximum atomic E-state index is 9.52. The van der Waals surface area contributed by atoms with Crippen LogP contribution in [0.15, 0.2) is 315 Å². The summed E-state index contributed by atoms with van der Waals surface area (Å²) in [5, 5.41) is 4.19. The lowest BCUT2D eigenvalue weighted by Crippen LogP contribution is -2.31. The number of ether oxygens (including phenoxy) is 1. The first-order valence-corrected chi connectivity index (χ1v) is 31.4. The molecule has 1 aliphatic rings. The van der Waals surface area contributed by atoms with Crippen LogP contribution in [0.3, 0.4) is 0 Å². The highest BCUT2D eigenvalue weighted by Crippen LogP contribution is 2.50. The van der Waals surface area contributed by atoms with Crippen molar-refractivity contribution in [2.75, 3.05) is 0 Å². The van der Waals surface area contributed by atoms with Crippen LogP contribution in [-0.4, -0.2) is 18.7 Å². The molecule has 18 rings (SSSR count). The number of aromatic nitrogens is 5. The Hall–Kier alpha value is -12.1. The smallest absolute Gasteiger partial charge is 0.269 e. The fraction of sp³-hybridized carbons (Fsp3) is 0.0455. The summed E-state index contributed by atoms with van der Waals surface area (Å²) in [4.78, 5) is 5.03. The first kappa shape index (κ1) is 45.2. The molecule has 94 heavy (non-hydrogen) atoms. The zero-order valence-corrected chi connectivity index (χ0v) is 51.4. The van der Waals surface area contributed by atoms with Crippen molar-refractivity contribution >= 4 is 54.6 Å². The van der Waals surface area contributed by atoms with Crippen LogP contribution < -0.4 is 9.30 Å². The highest BCUT2D eigenvalue weighted by Gasteiger charge is 2.27. The van der Waals surface area contributed by atoms with Gasteiger partial charge in [-0.25, -0.2) is 4.98 Å². The van der Waals surface area contributed by atoms with E-state index in [0.29, 0.717) is 28.2 Å². The first-order chi connectivity index (χ1) is 50.4. The van der Waals surface area contributed by atoms with Gasteiger partial charge in [-0.1, -0.05) is 257 Å². The van der Waals surface area contributed by atoms with Crippen LogP contribution >= 0.6 is 0 Å². The summed E-state index contributed by atoms with van der Waals surface area (Å²) in [7, 11) is 0. The standard InChI is InChI=1S/C88H61N5O/c1-88(2,3)61-48-49-89-86(52-61)93-80-43-21-18-38-75(80)77-54-84(92-78-41-19-16-36-73(78)74-37-17-20-42-79(74)92)85(55-82(77)93)94-63-29-22-28-62(53-63)90-56-91(87-64(57-24-6-4-7-25-57)39-23-40-65(87)58-26-8-5-9-27-58)83-51-60(45-47-81(83)90)59-44-46-72-70-34-13-12-32-68(70)66-30-10-11-31-67(66)69-33-14-15-35-71(69)76(72)50-59/h4-55H,1-3H3/i4D,5D,6D,7D,8D,9D,24D,25D,26D,27D. The molecule has 13 aromatic carbocycles.